The second-order valence-electron chi connectivity index (χ2n) is 6.69. The van der Waals surface area contributed by atoms with E-state index in [1.807, 2.05) is 30.7 Å². The van der Waals surface area contributed by atoms with Gasteiger partial charge in [-0.25, -0.2) is 4.99 Å². The van der Waals surface area contributed by atoms with Crippen LogP contribution in [0.15, 0.2) is 29.3 Å². The van der Waals surface area contributed by atoms with Crippen LogP contribution in [-0.4, -0.2) is 40.9 Å². The Balaban J connectivity index is 1.92. The molecule has 1 aromatic heterocycles. The molecular formula is C19H30N6O. The van der Waals surface area contributed by atoms with Crippen LogP contribution in [-0.2, 0) is 20.0 Å². The summed E-state index contributed by atoms with van der Waals surface area (Å²) in [6.45, 7) is 8.45. The molecule has 2 N–H and O–H groups in total. The Hall–Kier alpha value is -2.57. The van der Waals surface area contributed by atoms with Crippen LogP contribution in [0.3, 0.4) is 0 Å². The van der Waals surface area contributed by atoms with Gasteiger partial charge in [-0.3, -0.25) is 0 Å². The van der Waals surface area contributed by atoms with Crippen LogP contribution < -0.4 is 15.4 Å². The van der Waals surface area contributed by atoms with Crippen molar-refractivity contribution in [3.05, 3.63) is 41.5 Å². The molecule has 0 spiro atoms. The van der Waals surface area contributed by atoms with E-state index in [4.69, 9.17) is 4.74 Å². The predicted octanol–water partition coefficient (Wildman–Crippen LogP) is 2.07. The van der Waals surface area contributed by atoms with Crippen molar-refractivity contribution >= 4 is 5.96 Å². The number of hydrogen-bond donors (Lipinski definition) is 2. The lowest BCUT2D eigenvalue weighted by Gasteiger charge is -2.14. The van der Waals surface area contributed by atoms with Gasteiger partial charge >= 0.3 is 0 Å². The number of methoxy groups -OCH3 is 1. The first-order valence-electron chi connectivity index (χ1n) is 8.99. The third-order valence-electron chi connectivity index (χ3n) is 4.10. The van der Waals surface area contributed by atoms with Crippen molar-refractivity contribution in [2.45, 2.75) is 33.7 Å². The largest absolute Gasteiger partial charge is 0.497 e. The van der Waals surface area contributed by atoms with Gasteiger partial charge in [0.25, 0.3) is 0 Å². The zero-order valence-corrected chi connectivity index (χ0v) is 16.4. The van der Waals surface area contributed by atoms with Gasteiger partial charge in [-0.2, -0.15) is 0 Å². The van der Waals surface area contributed by atoms with Gasteiger partial charge in [-0.15, -0.1) is 10.2 Å². The normalized spacial score (nSPS) is 11.7. The number of hydrogen-bond acceptors (Lipinski definition) is 4. The summed E-state index contributed by atoms with van der Waals surface area (Å²) in [5, 5.41) is 15.0. The number of benzene rings is 1. The lowest BCUT2D eigenvalue weighted by atomic mass is 10.1. The van der Waals surface area contributed by atoms with Crippen molar-refractivity contribution < 1.29 is 4.74 Å². The maximum atomic E-state index is 5.19. The van der Waals surface area contributed by atoms with Gasteiger partial charge in [0.15, 0.2) is 11.8 Å². The number of nitrogens with zero attached hydrogens (tertiary/aromatic N) is 4. The van der Waals surface area contributed by atoms with E-state index in [1.165, 1.54) is 5.56 Å². The SMILES string of the molecule is COc1ccc(CCNC(=NCc2nnc(C)n2C)NCC(C)C)cc1. The smallest absolute Gasteiger partial charge is 0.191 e. The molecule has 2 aromatic rings. The van der Waals surface area contributed by atoms with Crippen LogP contribution in [0.4, 0.5) is 0 Å². The number of aliphatic imine (C=N–C) groups is 1. The van der Waals surface area contributed by atoms with Crippen LogP contribution >= 0.6 is 0 Å². The van der Waals surface area contributed by atoms with Crippen LogP contribution in [0.1, 0.15) is 31.1 Å². The quantitative estimate of drug-likeness (QED) is 0.558. The monoisotopic (exact) mass is 358 g/mol. The molecule has 0 bridgehead atoms. The maximum Gasteiger partial charge on any atom is 0.191 e. The van der Waals surface area contributed by atoms with Gasteiger partial charge in [-0.1, -0.05) is 26.0 Å². The van der Waals surface area contributed by atoms with Gasteiger partial charge < -0.3 is 19.9 Å². The predicted molar refractivity (Wildman–Crippen MR) is 104 cm³/mol. The van der Waals surface area contributed by atoms with E-state index in [0.717, 1.165) is 42.9 Å². The molecule has 26 heavy (non-hydrogen) atoms. The van der Waals surface area contributed by atoms with E-state index in [2.05, 4.69) is 51.8 Å². The van der Waals surface area contributed by atoms with Gasteiger partial charge in [0.1, 0.15) is 18.1 Å². The standard InChI is InChI=1S/C19H30N6O/c1-14(2)12-21-19(22-13-18-24-23-15(3)25(18)4)20-11-10-16-6-8-17(26-5)9-7-16/h6-9,14H,10-13H2,1-5H3,(H2,20,21,22). The zero-order chi connectivity index (χ0) is 18.9. The fourth-order valence-electron chi connectivity index (χ4n) is 2.33. The van der Waals surface area contributed by atoms with Gasteiger partial charge in [-0.05, 0) is 37.0 Å². The van der Waals surface area contributed by atoms with Crippen molar-refractivity contribution in [1.82, 2.24) is 25.4 Å². The number of aryl methyl sites for hydroxylation is 1. The molecule has 0 aliphatic heterocycles. The minimum Gasteiger partial charge on any atom is -0.497 e. The Bertz CT molecular complexity index is 705. The number of guanidine groups is 1. The molecule has 0 saturated heterocycles. The maximum absolute atomic E-state index is 5.19. The molecule has 0 radical (unpaired) electrons. The molecule has 142 valence electrons. The molecule has 0 atom stereocenters. The molecular weight excluding hydrogens is 328 g/mol. The second-order valence-corrected chi connectivity index (χ2v) is 6.69. The Morgan fingerprint density at radius 1 is 1.19 bits per heavy atom. The molecule has 1 aromatic carbocycles. The fraction of sp³-hybridized carbons (Fsp3) is 0.526. The molecule has 0 aliphatic rings. The molecule has 0 aliphatic carbocycles. The second kappa shape index (κ2) is 9.79. The van der Waals surface area contributed by atoms with E-state index < -0.39 is 0 Å². The first-order valence-corrected chi connectivity index (χ1v) is 8.99. The van der Waals surface area contributed by atoms with E-state index in [-0.39, 0.29) is 0 Å². The highest BCUT2D eigenvalue weighted by Gasteiger charge is 2.06. The summed E-state index contributed by atoms with van der Waals surface area (Å²) in [5.41, 5.74) is 1.26. The number of aromatic nitrogens is 3. The minimum absolute atomic E-state index is 0.493. The van der Waals surface area contributed by atoms with Crippen molar-refractivity contribution in [1.29, 1.82) is 0 Å². The molecule has 2 rings (SSSR count). The lowest BCUT2D eigenvalue weighted by molar-refractivity contribution is 0.414. The fourth-order valence-corrected chi connectivity index (χ4v) is 2.33. The van der Waals surface area contributed by atoms with Crippen LogP contribution in [0.25, 0.3) is 0 Å². The van der Waals surface area contributed by atoms with E-state index in [1.54, 1.807) is 7.11 Å². The third-order valence-corrected chi connectivity index (χ3v) is 4.10. The summed E-state index contributed by atoms with van der Waals surface area (Å²) in [5.74, 6) is 3.96. The van der Waals surface area contributed by atoms with Gasteiger partial charge in [0.05, 0.1) is 7.11 Å². The number of nitrogens with one attached hydrogen (secondary N) is 2. The summed E-state index contributed by atoms with van der Waals surface area (Å²) in [4.78, 5) is 4.65. The van der Waals surface area contributed by atoms with Gasteiger partial charge in [0.2, 0.25) is 0 Å². The summed E-state index contributed by atoms with van der Waals surface area (Å²) in [7, 11) is 3.64. The lowest BCUT2D eigenvalue weighted by Crippen LogP contribution is -2.40. The van der Waals surface area contributed by atoms with Crippen molar-refractivity contribution in [3.8, 4) is 5.75 Å². The first-order chi connectivity index (χ1) is 12.5. The summed E-state index contributed by atoms with van der Waals surface area (Å²) in [6, 6.07) is 8.14. The average Bonchev–Trinajstić information content (AvgIpc) is 2.96. The Morgan fingerprint density at radius 3 is 2.50 bits per heavy atom. The molecule has 7 heteroatoms. The topological polar surface area (TPSA) is 76.4 Å². The van der Waals surface area contributed by atoms with E-state index >= 15 is 0 Å². The number of rotatable bonds is 8. The van der Waals surface area contributed by atoms with Crippen molar-refractivity contribution in [2.75, 3.05) is 20.2 Å². The Kier molecular flexibility index (Phi) is 7.44. The third kappa shape index (κ3) is 6.06. The molecule has 1 heterocycles. The average molecular weight is 358 g/mol. The summed E-state index contributed by atoms with van der Waals surface area (Å²) < 4.78 is 7.15. The van der Waals surface area contributed by atoms with E-state index in [0.29, 0.717) is 12.5 Å². The highest BCUT2D eigenvalue weighted by Crippen LogP contribution is 2.11. The molecule has 7 nitrogen and oxygen atoms in total. The highest BCUT2D eigenvalue weighted by molar-refractivity contribution is 5.79. The zero-order valence-electron chi connectivity index (χ0n) is 16.4. The minimum atomic E-state index is 0.493. The van der Waals surface area contributed by atoms with Crippen molar-refractivity contribution in [3.63, 3.8) is 0 Å². The number of ether oxygens (including phenoxy) is 1. The summed E-state index contributed by atoms with van der Waals surface area (Å²) in [6.07, 6.45) is 0.912. The molecule has 0 unspecified atom stereocenters. The Labute approximate surface area is 155 Å². The molecule has 0 saturated carbocycles. The molecule has 0 fully saturated rings. The van der Waals surface area contributed by atoms with Gasteiger partial charge in [0, 0.05) is 20.1 Å². The highest BCUT2D eigenvalue weighted by atomic mass is 16.5. The Morgan fingerprint density at radius 2 is 1.92 bits per heavy atom. The van der Waals surface area contributed by atoms with Crippen LogP contribution in [0.2, 0.25) is 0 Å². The van der Waals surface area contributed by atoms with Crippen LogP contribution in [0, 0.1) is 12.8 Å². The van der Waals surface area contributed by atoms with E-state index in [9.17, 15) is 0 Å². The van der Waals surface area contributed by atoms with Crippen molar-refractivity contribution in [2.24, 2.45) is 18.0 Å². The van der Waals surface area contributed by atoms with Crippen LogP contribution in [0.5, 0.6) is 5.75 Å². The summed E-state index contributed by atoms with van der Waals surface area (Å²) >= 11 is 0. The molecule has 0 amide bonds. The first kappa shape index (κ1) is 19.8.